The van der Waals surface area contributed by atoms with Crippen LogP contribution in [0.3, 0.4) is 0 Å². The minimum absolute atomic E-state index is 0.102. The van der Waals surface area contributed by atoms with Crippen LogP contribution in [0, 0.1) is 0 Å². The molecule has 0 radical (unpaired) electrons. The standard InChI is InChI=1S/C39H47N5O4/c1-6-26-22-29(13-14-31(26)27-17-20-43(21-18-27)39(46)48-25(4)5)42-34-15-12-28-10-9-11-32(37(28)34)35-23-30(16-19-40-35)44-36(7-2)33(24-41-44)38(45)47-8-3/h9-11,13-14,16,19,22-25,27,34,42H,6-8,12,15,17-18,20-21H2,1-5H3. The molecule has 1 N–H and O–H groups in total. The Morgan fingerprint density at radius 3 is 2.54 bits per heavy atom. The van der Waals surface area contributed by atoms with E-state index < -0.39 is 0 Å². The number of nitrogens with one attached hydrogen (secondary N) is 1. The number of nitrogens with zero attached hydrogens (tertiary/aromatic N) is 4. The number of anilines is 1. The van der Waals surface area contributed by atoms with Gasteiger partial charge < -0.3 is 19.7 Å². The van der Waals surface area contributed by atoms with Crippen molar-refractivity contribution in [2.24, 2.45) is 0 Å². The fourth-order valence-electron chi connectivity index (χ4n) is 7.32. The third kappa shape index (κ3) is 6.82. The molecule has 6 rings (SSSR count). The van der Waals surface area contributed by atoms with Gasteiger partial charge in [0.25, 0.3) is 0 Å². The SMILES string of the molecule is CCOC(=O)c1cnn(-c2ccnc(-c3cccc4c3C(Nc3ccc(C5CCN(C(=O)OC(C)C)CC5)c(CC)c3)CC4)c2)c1CC. The number of pyridine rings is 1. The highest BCUT2D eigenvalue weighted by molar-refractivity contribution is 5.90. The largest absolute Gasteiger partial charge is 0.462 e. The van der Waals surface area contributed by atoms with Gasteiger partial charge in [0.15, 0.2) is 0 Å². The van der Waals surface area contributed by atoms with E-state index in [0.29, 0.717) is 24.5 Å². The fraction of sp³-hybridized carbons (Fsp3) is 0.436. The van der Waals surface area contributed by atoms with Gasteiger partial charge in [0.1, 0.15) is 5.56 Å². The predicted octanol–water partition coefficient (Wildman–Crippen LogP) is 8.06. The van der Waals surface area contributed by atoms with E-state index >= 15 is 0 Å². The first-order valence-electron chi connectivity index (χ1n) is 17.5. The van der Waals surface area contributed by atoms with Gasteiger partial charge in [-0.1, -0.05) is 38.1 Å². The lowest BCUT2D eigenvalue weighted by Crippen LogP contribution is -2.39. The van der Waals surface area contributed by atoms with Gasteiger partial charge in [-0.15, -0.1) is 0 Å². The number of aryl methyl sites for hydroxylation is 2. The number of aromatic nitrogens is 3. The van der Waals surface area contributed by atoms with Gasteiger partial charge in [-0.05, 0) is 112 Å². The van der Waals surface area contributed by atoms with Crippen molar-refractivity contribution in [3.63, 3.8) is 0 Å². The van der Waals surface area contributed by atoms with Gasteiger partial charge in [-0.3, -0.25) is 4.98 Å². The van der Waals surface area contributed by atoms with E-state index in [9.17, 15) is 9.59 Å². The van der Waals surface area contributed by atoms with Crippen LogP contribution in [-0.2, 0) is 28.7 Å². The molecule has 252 valence electrons. The number of esters is 1. The van der Waals surface area contributed by atoms with Gasteiger partial charge in [-0.25, -0.2) is 14.3 Å². The normalized spacial score (nSPS) is 16.2. The van der Waals surface area contributed by atoms with E-state index in [1.54, 1.807) is 6.20 Å². The van der Waals surface area contributed by atoms with E-state index in [1.165, 1.54) is 22.3 Å². The van der Waals surface area contributed by atoms with Crippen LogP contribution in [0.4, 0.5) is 10.5 Å². The van der Waals surface area contributed by atoms with Crippen LogP contribution in [0.25, 0.3) is 16.9 Å². The van der Waals surface area contributed by atoms with Crippen LogP contribution >= 0.6 is 0 Å². The Hall–Kier alpha value is -4.66. The van der Waals surface area contributed by atoms with Crippen molar-refractivity contribution >= 4 is 17.7 Å². The number of hydrogen-bond acceptors (Lipinski definition) is 7. The van der Waals surface area contributed by atoms with Crippen molar-refractivity contribution in [1.82, 2.24) is 19.7 Å². The first kappa shape index (κ1) is 33.2. The molecular weight excluding hydrogens is 602 g/mol. The molecule has 1 aliphatic heterocycles. The Morgan fingerprint density at radius 2 is 1.81 bits per heavy atom. The molecule has 2 aromatic carbocycles. The van der Waals surface area contributed by atoms with Gasteiger partial charge in [0.05, 0.1) is 42.0 Å². The second-order valence-electron chi connectivity index (χ2n) is 13.0. The summed E-state index contributed by atoms with van der Waals surface area (Å²) in [6.45, 7) is 11.6. The average Bonchev–Trinajstić information content (AvgIpc) is 3.73. The van der Waals surface area contributed by atoms with Gasteiger partial charge in [0.2, 0.25) is 0 Å². The molecule has 4 aromatic rings. The Morgan fingerprint density at radius 1 is 1.00 bits per heavy atom. The molecule has 2 aromatic heterocycles. The van der Waals surface area contributed by atoms with Crippen LogP contribution in [0.1, 0.15) is 104 Å². The van der Waals surface area contributed by atoms with Crippen LogP contribution in [0.2, 0.25) is 0 Å². The molecule has 1 unspecified atom stereocenters. The molecule has 9 nitrogen and oxygen atoms in total. The number of likely N-dealkylation sites (tertiary alicyclic amines) is 1. The Kier molecular flexibility index (Phi) is 10.1. The number of carbonyl (C=O) groups is 2. The summed E-state index contributed by atoms with van der Waals surface area (Å²) in [6.07, 6.45) is 8.60. The number of fused-ring (bicyclic) bond motifs is 1. The molecule has 1 aliphatic carbocycles. The van der Waals surface area contributed by atoms with E-state index in [1.807, 2.05) is 49.5 Å². The zero-order chi connectivity index (χ0) is 33.8. The van der Waals surface area contributed by atoms with Crippen LogP contribution in [0.5, 0.6) is 0 Å². The Labute approximate surface area is 283 Å². The lowest BCUT2D eigenvalue weighted by atomic mass is 9.85. The third-order valence-corrected chi connectivity index (χ3v) is 9.60. The summed E-state index contributed by atoms with van der Waals surface area (Å²) < 4.78 is 12.5. The highest BCUT2D eigenvalue weighted by atomic mass is 16.6. The number of hydrogen-bond donors (Lipinski definition) is 1. The molecule has 0 bridgehead atoms. The maximum absolute atomic E-state index is 12.6. The maximum Gasteiger partial charge on any atom is 0.410 e. The smallest absolute Gasteiger partial charge is 0.410 e. The Balaban J connectivity index is 1.22. The summed E-state index contributed by atoms with van der Waals surface area (Å²) in [5, 5.41) is 8.45. The highest BCUT2D eigenvalue weighted by Gasteiger charge is 2.29. The summed E-state index contributed by atoms with van der Waals surface area (Å²) >= 11 is 0. The summed E-state index contributed by atoms with van der Waals surface area (Å²) in [5.74, 6) is 0.0867. The average molecular weight is 650 g/mol. The summed E-state index contributed by atoms with van der Waals surface area (Å²) in [4.78, 5) is 31.6. The fourth-order valence-corrected chi connectivity index (χ4v) is 7.32. The molecule has 3 heterocycles. The van der Waals surface area contributed by atoms with E-state index in [0.717, 1.165) is 73.5 Å². The molecule has 1 atom stereocenters. The number of ether oxygens (including phenoxy) is 2. The van der Waals surface area contributed by atoms with Gasteiger partial charge >= 0.3 is 12.1 Å². The maximum atomic E-state index is 12.6. The highest BCUT2D eigenvalue weighted by Crippen LogP contribution is 2.41. The first-order valence-corrected chi connectivity index (χ1v) is 17.5. The van der Waals surface area contributed by atoms with Crippen molar-refractivity contribution in [1.29, 1.82) is 0 Å². The Bertz CT molecular complexity index is 1770. The van der Waals surface area contributed by atoms with Crippen molar-refractivity contribution in [3.8, 4) is 16.9 Å². The quantitative estimate of drug-likeness (QED) is 0.174. The molecule has 1 fully saturated rings. The minimum Gasteiger partial charge on any atom is -0.462 e. The number of piperidine rings is 1. The zero-order valence-corrected chi connectivity index (χ0v) is 28.8. The lowest BCUT2D eigenvalue weighted by Gasteiger charge is -2.33. The summed E-state index contributed by atoms with van der Waals surface area (Å²) in [6, 6.07) is 17.5. The van der Waals surface area contributed by atoms with Crippen molar-refractivity contribution in [3.05, 3.63) is 94.4 Å². The summed E-state index contributed by atoms with van der Waals surface area (Å²) in [5.41, 5.74) is 10.7. The topological polar surface area (TPSA) is 98.6 Å². The summed E-state index contributed by atoms with van der Waals surface area (Å²) in [7, 11) is 0. The lowest BCUT2D eigenvalue weighted by molar-refractivity contribution is 0.0524. The monoisotopic (exact) mass is 649 g/mol. The van der Waals surface area contributed by atoms with Crippen LogP contribution < -0.4 is 5.32 Å². The molecule has 48 heavy (non-hydrogen) atoms. The second kappa shape index (κ2) is 14.6. The third-order valence-electron chi connectivity index (χ3n) is 9.60. The van der Waals surface area contributed by atoms with Crippen LogP contribution in [-0.4, -0.2) is 57.5 Å². The first-order chi connectivity index (χ1) is 23.3. The van der Waals surface area contributed by atoms with Crippen molar-refractivity contribution < 1.29 is 19.1 Å². The van der Waals surface area contributed by atoms with E-state index in [-0.39, 0.29) is 24.2 Å². The van der Waals surface area contributed by atoms with Gasteiger partial charge in [0, 0.05) is 30.5 Å². The molecule has 1 amide bonds. The van der Waals surface area contributed by atoms with E-state index in [4.69, 9.17) is 14.5 Å². The minimum atomic E-state index is -0.349. The molecule has 0 spiro atoms. The van der Waals surface area contributed by atoms with Crippen molar-refractivity contribution in [2.75, 3.05) is 25.0 Å². The van der Waals surface area contributed by atoms with Gasteiger partial charge in [-0.2, -0.15) is 5.10 Å². The van der Waals surface area contributed by atoms with E-state index in [2.05, 4.69) is 59.8 Å². The van der Waals surface area contributed by atoms with Crippen LogP contribution in [0.15, 0.2) is 60.9 Å². The number of benzene rings is 2. The molecule has 1 saturated heterocycles. The number of carbonyl (C=O) groups excluding carboxylic acids is 2. The van der Waals surface area contributed by atoms with Crippen molar-refractivity contribution in [2.45, 2.75) is 91.2 Å². The number of amides is 1. The molecule has 0 saturated carbocycles. The predicted molar refractivity (Wildman–Crippen MR) is 188 cm³/mol. The second-order valence-corrected chi connectivity index (χ2v) is 13.0. The zero-order valence-electron chi connectivity index (χ0n) is 28.8. The molecule has 2 aliphatic rings. The molecular formula is C39H47N5O4. The molecule has 9 heteroatoms. The number of rotatable bonds is 10.